The topological polar surface area (TPSA) is 57.7 Å². The van der Waals surface area contributed by atoms with Gasteiger partial charge in [0, 0.05) is 48.4 Å². The maximum Gasteiger partial charge on any atom is 0.253 e. The van der Waals surface area contributed by atoms with E-state index >= 15 is 0 Å². The Kier molecular flexibility index (Phi) is 5.70. The maximum atomic E-state index is 12.8. The van der Waals surface area contributed by atoms with E-state index in [9.17, 15) is 14.4 Å². The number of piperazine rings is 1. The van der Waals surface area contributed by atoms with Gasteiger partial charge in [-0.15, -0.1) is 0 Å². The first-order valence-electron chi connectivity index (χ1n) is 9.97. The molecule has 30 heavy (non-hydrogen) atoms. The Labute approximate surface area is 175 Å². The molecule has 3 aromatic carbocycles. The van der Waals surface area contributed by atoms with Gasteiger partial charge in [0.25, 0.3) is 11.8 Å². The van der Waals surface area contributed by atoms with Gasteiger partial charge in [-0.1, -0.05) is 60.7 Å². The molecule has 0 atom stereocenters. The number of nitrogens with zero attached hydrogens (tertiary/aromatic N) is 2. The van der Waals surface area contributed by atoms with Gasteiger partial charge in [0.2, 0.25) is 0 Å². The van der Waals surface area contributed by atoms with Gasteiger partial charge in [-0.25, -0.2) is 0 Å². The number of amides is 2. The molecule has 1 heterocycles. The zero-order valence-corrected chi connectivity index (χ0v) is 16.5. The lowest BCUT2D eigenvalue weighted by Gasteiger charge is -2.35. The van der Waals surface area contributed by atoms with E-state index in [0.717, 1.165) is 0 Å². The number of hydrogen-bond acceptors (Lipinski definition) is 3. The summed E-state index contributed by atoms with van der Waals surface area (Å²) in [5.74, 6) is -0.158. The van der Waals surface area contributed by atoms with Crippen LogP contribution in [0.15, 0.2) is 84.9 Å². The fraction of sp³-hybridized carbons (Fsp3) is 0.160. The predicted molar refractivity (Wildman–Crippen MR) is 115 cm³/mol. The number of carbonyl (C=O) groups excluding carboxylic acids is 3. The van der Waals surface area contributed by atoms with Crippen molar-refractivity contribution in [2.45, 2.75) is 0 Å². The predicted octanol–water partition coefficient (Wildman–Crippen LogP) is 3.52. The molecule has 150 valence electrons. The van der Waals surface area contributed by atoms with Crippen LogP contribution in [0, 0.1) is 0 Å². The third kappa shape index (κ3) is 4.15. The van der Waals surface area contributed by atoms with Crippen LogP contribution in [-0.2, 0) is 0 Å². The molecule has 5 nitrogen and oxygen atoms in total. The van der Waals surface area contributed by atoms with E-state index in [2.05, 4.69) is 0 Å². The molecule has 1 aliphatic rings. The van der Waals surface area contributed by atoms with Gasteiger partial charge in [-0.3, -0.25) is 14.4 Å². The van der Waals surface area contributed by atoms with Crippen molar-refractivity contribution in [3.8, 4) is 0 Å². The molecule has 0 aromatic heterocycles. The molecule has 0 radical (unpaired) electrons. The monoisotopic (exact) mass is 398 g/mol. The van der Waals surface area contributed by atoms with Crippen molar-refractivity contribution >= 4 is 17.6 Å². The van der Waals surface area contributed by atoms with Gasteiger partial charge in [0.1, 0.15) is 0 Å². The highest BCUT2D eigenvalue weighted by Crippen LogP contribution is 2.15. The Hall–Kier alpha value is -3.73. The smallest absolute Gasteiger partial charge is 0.253 e. The van der Waals surface area contributed by atoms with Gasteiger partial charge in [0.15, 0.2) is 5.78 Å². The normalized spacial score (nSPS) is 13.7. The van der Waals surface area contributed by atoms with E-state index in [1.165, 1.54) is 0 Å². The molecule has 0 spiro atoms. The summed E-state index contributed by atoms with van der Waals surface area (Å²) >= 11 is 0. The molecule has 0 aliphatic carbocycles. The minimum atomic E-state index is -0.0829. The highest BCUT2D eigenvalue weighted by Gasteiger charge is 2.25. The Balaban J connectivity index is 1.37. The second-order valence-electron chi connectivity index (χ2n) is 7.22. The number of rotatable bonds is 4. The molecule has 1 fully saturated rings. The Morgan fingerprint density at radius 3 is 1.27 bits per heavy atom. The van der Waals surface area contributed by atoms with Gasteiger partial charge in [0.05, 0.1) is 0 Å². The summed E-state index contributed by atoms with van der Waals surface area (Å²) in [6, 6.07) is 25.0. The van der Waals surface area contributed by atoms with Crippen LogP contribution in [0.5, 0.6) is 0 Å². The van der Waals surface area contributed by atoms with E-state index in [1.54, 1.807) is 58.3 Å². The van der Waals surface area contributed by atoms with Crippen molar-refractivity contribution in [2.24, 2.45) is 0 Å². The van der Waals surface area contributed by atoms with Crippen molar-refractivity contribution in [1.29, 1.82) is 0 Å². The SMILES string of the molecule is O=C(c1ccccc1)c1ccc(C(=O)N2CCN(C(=O)c3ccccc3)CC2)cc1. The van der Waals surface area contributed by atoms with Crippen LogP contribution in [0.1, 0.15) is 36.6 Å². The van der Waals surface area contributed by atoms with Crippen LogP contribution in [0.2, 0.25) is 0 Å². The number of carbonyl (C=O) groups is 3. The lowest BCUT2D eigenvalue weighted by Crippen LogP contribution is -2.50. The van der Waals surface area contributed by atoms with Crippen LogP contribution in [0.4, 0.5) is 0 Å². The average Bonchev–Trinajstić information content (AvgIpc) is 2.84. The molecule has 2 amide bonds. The summed E-state index contributed by atoms with van der Waals surface area (Å²) in [5.41, 5.74) is 2.38. The number of benzene rings is 3. The van der Waals surface area contributed by atoms with Crippen molar-refractivity contribution in [3.05, 3.63) is 107 Å². The summed E-state index contributed by atoms with van der Waals surface area (Å²) in [6.07, 6.45) is 0. The Bertz CT molecular complexity index is 1040. The highest BCUT2D eigenvalue weighted by atomic mass is 16.2. The maximum absolute atomic E-state index is 12.8. The minimum Gasteiger partial charge on any atom is -0.335 e. The molecule has 0 N–H and O–H groups in total. The largest absolute Gasteiger partial charge is 0.335 e. The van der Waals surface area contributed by atoms with Gasteiger partial charge >= 0.3 is 0 Å². The summed E-state index contributed by atoms with van der Waals surface area (Å²) in [5, 5.41) is 0. The molecular weight excluding hydrogens is 376 g/mol. The highest BCUT2D eigenvalue weighted by molar-refractivity contribution is 6.09. The lowest BCUT2D eigenvalue weighted by molar-refractivity contribution is 0.0535. The molecule has 0 unspecified atom stereocenters. The van der Waals surface area contributed by atoms with Crippen molar-refractivity contribution in [3.63, 3.8) is 0 Å². The molecule has 1 aliphatic heterocycles. The first-order valence-corrected chi connectivity index (χ1v) is 9.97. The lowest BCUT2D eigenvalue weighted by atomic mass is 10.0. The third-order valence-corrected chi connectivity index (χ3v) is 5.30. The van der Waals surface area contributed by atoms with E-state index in [1.807, 2.05) is 36.4 Å². The number of ketones is 1. The summed E-state index contributed by atoms with van der Waals surface area (Å²) in [4.78, 5) is 41.4. The zero-order chi connectivity index (χ0) is 20.9. The fourth-order valence-electron chi connectivity index (χ4n) is 3.58. The van der Waals surface area contributed by atoms with E-state index in [4.69, 9.17) is 0 Å². The third-order valence-electron chi connectivity index (χ3n) is 5.30. The standard InChI is InChI=1S/C25H22N2O3/c28-23(19-7-3-1-4-8-19)20-11-13-22(14-12-20)25(30)27-17-15-26(16-18-27)24(29)21-9-5-2-6-10-21/h1-14H,15-18H2. The van der Waals surface area contributed by atoms with Crippen LogP contribution in [-0.4, -0.2) is 53.6 Å². The van der Waals surface area contributed by atoms with E-state index in [-0.39, 0.29) is 17.6 Å². The molecule has 0 bridgehead atoms. The first-order chi connectivity index (χ1) is 14.6. The zero-order valence-electron chi connectivity index (χ0n) is 16.5. The van der Waals surface area contributed by atoms with Crippen LogP contribution in [0.3, 0.4) is 0 Å². The van der Waals surface area contributed by atoms with Gasteiger partial charge < -0.3 is 9.80 Å². The van der Waals surface area contributed by atoms with E-state index in [0.29, 0.717) is 48.4 Å². The fourth-order valence-corrected chi connectivity index (χ4v) is 3.58. The first kappa shape index (κ1) is 19.6. The van der Waals surface area contributed by atoms with E-state index < -0.39 is 0 Å². The van der Waals surface area contributed by atoms with Gasteiger partial charge in [-0.05, 0) is 24.3 Å². The van der Waals surface area contributed by atoms with Crippen molar-refractivity contribution < 1.29 is 14.4 Å². The Morgan fingerprint density at radius 2 is 0.800 bits per heavy atom. The molecule has 3 aromatic rings. The average molecular weight is 398 g/mol. The second kappa shape index (κ2) is 8.74. The summed E-state index contributed by atoms with van der Waals surface area (Å²) in [6.45, 7) is 1.98. The van der Waals surface area contributed by atoms with Crippen LogP contribution >= 0.6 is 0 Å². The van der Waals surface area contributed by atoms with Crippen molar-refractivity contribution in [1.82, 2.24) is 9.80 Å². The van der Waals surface area contributed by atoms with Crippen LogP contribution in [0.25, 0.3) is 0 Å². The molecule has 0 saturated carbocycles. The summed E-state index contributed by atoms with van der Waals surface area (Å²) in [7, 11) is 0. The molecule has 5 heteroatoms. The quantitative estimate of drug-likeness (QED) is 0.632. The summed E-state index contributed by atoms with van der Waals surface area (Å²) < 4.78 is 0. The van der Waals surface area contributed by atoms with Gasteiger partial charge in [-0.2, -0.15) is 0 Å². The molecular formula is C25H22N2O3. The van der Waals surface area contributed by atoms with Crippen molar-refractivity contribution in [2.75, 3.05) is 26.2 Å². The molecule has 4 rings (SSSR count). The molecule has 1 saturated heterocycles. The Morgan fingerprint density at radius 1 is 0.467 bits per heavy atom. The second-order valence-corrected chi connectivity index (χ2v) is 7.22. The minimum absolute atomic E-state index is 0.00789. The van der Waals surface area contributed by atoms with Crippen LogP contribution < -0.4 is 0 Å². The number of hydrogen-bond donors (Lipinski definition) is 0.